The maximum Gasteiger partial charge on any atom is 0.287 e. The van der Waals surface area contributed by atoms with Crippen molar-refractivity contribution < 1.29 is 9.21 Å². The Morgan fingerprint density at radius 2 is 2.21 bits per heavy atom. The van der Waals surface area contributed by atoms with E-state index in [9.17, 15) is 4.79 Å². The highest BCUT2D eigenvalue weighted by molar-refractivity contribution is 7.98. The van der Waals surface area contributed by atoms with Crippen molar-refractivity contribution in [3.8, 4) is 0 Å². The Labute approximate surface area is 118 Å². The van der Waals surface area contributed by atoms with Gasteiger partial charge >= 0.3 is 0 Å². The van der Waals surface area contributed by atoms with Crippen molar-refractivity contribution in [2.75, 3.05) is 12.8 Å². The van der Waals surface area contributed by atoms with Gasteiger partial charge in [0, 0.05) is 12.6 Å². The van der Waals surface area contributed by atoms with Gasteiger partial charge in [-0.3, -0.25) is 4.79 Å². The Morgan fingerprint density at radius 1 is 1.47 bits per heavy atom. The van der Waals surface area contributed by atoms with Crippen molar-refractivity contribution in [1.29, 1.82) is 0 Å². The van der Waals surface area contributed by atoms with Crippen LogP contribution in [0.15, 0.2) is 21.6 Å². The highest BCUT2D eigenvalue weighted by atomic mass is 32.2. The van der Waals surface area contributed by atoms with Crippen LogP contribution in [0.25, 0.3) is 0 Å². The van der Waals surface area contributed by atoms with E-state index >= 15 is 0 Å². The minimum Gasteiger partial charge on any atom is -0.445 e. The van der Waals surface area contributed by atoms with E-state index in [1.54, 1.807) is 6.07 Å². The third kappa shape index (κ3) is 3.76. The molecule has 2 rings (SSSR count). The van der Waals surface area contributed by atoms with E-state index in [1.807, 2.05) is 12.3 Å². The number of furan rings is 1. The first-order valence-electron chi connectivity index (χ1n) is 6.89. The van der Waals surface area contributed by atoms with Gasteiger partial charge in [0.15, 0.2) is 10.9 Å². The largest absolute Gasteiger partial charge is 0.445 e. The third-order valence-corrected chi connectivity index (χ3v) is 4.42. The van der Waals surface area contributed by atoms with E-state index < -0.39 is 0 Å². The first-order chi connectivity index (χ1) is 9.24. The van der Waals surface area contributed by atoms with E-state index in [4.69, 9.17) is 10.2 Å². The summed E-state index contributed by atoms with van der Waals surface area (Å²) in [6, 6.07) is 3.60. The van der Waals surface area contributed by atoms with Gasteiger partial charge in [0.1, 0.15) is 0 Å². The van der Waals surface area contributed by atoms with Gasteiger partial charge in [0.05, 0.1) is 0 Å². The predicted octanol–water partition coefficient (Wildman–Crippen LogP) is 2.64. The van der Waals surface area contributed by atoms with Gasteiger partial charge in [-0.15, -0.1) is 0 Å². The molecule has 1 aliphatic rings. The molecule has 1 aromatic rings. The summed E-state index contributed by atoms with van der Waals surface area (Å²) in [5, 5.41) is 3.78. The number of amides is 1. The highest BCUT2D eigenvalue weighted by Gasteiger charge is 2.25. The number of hydrogen-bond donors (Lipinski definition) is 2. The van der Waals surface area contributed by atoms with E-state index in [0.29, 0.717) is 18.2 Å². The molecule has 3 N–H and O–H groups in total. The van der Waals surface area contributed by atoms with Crippen molar-refractivity contribution in [2.45, 2.75) is 43.2 Å². The van der Waals surface area contributed by atoms with Crippen molar-refractivity contribution >= 4 is 17.7 Å². The molecule has 0 aromatic carbocycles. The second-order valence-electron chi connectivity index (χ2n) is 5.04. The van der Waals surface area contributed by atoms with Crippen LogP contribution in [0.1, 0.15) is 42.7 Å². The number of thioether (sulfide) groups is 1. The molecule has 0 saturated heterocycles. The Hall–Kier alpha value is -0.940. The first kappa shape index (κ1) is 14.5. The number of carbonyl (C=O) groups excluding carboxylic acids is 1. The van der Waals surface area contributed by atoms with Crippen molar-refractivity contribution in [3.63, 3.8) is 0 Å². The fraction of sp³-hybridized carbons (Fsp3) is 0.643. The average Bonchev–Trinajstić information content (AvgIpc) is 2.94. The maximum atomic E-state index is 12.1. The van der Waals surface area contributed by atoms with Crippen LogP contribution in [-0.2, 0) is 0 Å². The summed E-state index contributed by atoms with van der Waals surface area (Å²) in [7, 11) is 0. The molecule has 1 atom stereocenters. The molecule has 0 aliphatic heterocycles. The third-order valence-electron chi connectivity index (χ3n) is 3.80. The quantitative estimate of drug-likeness (QED) is 0.815. The number of rotatable bonds is 5. The summed E-state index contributed by atoms with van der Waals surface area (Å²) in [6.07, 6.45) is 8.04. The van der Waals surface area contributed by atoms with Gasteiger partial charge < -0.3 is 15.5 Å². The molecule has 0 bridgehead atoms. The van der Waals surface area contributed by atoms with E-state index in [1.165, 1.54) is 31.0 Å². The Kier molecular flexibility index (Phi) is 5.34. The molecule has 5 heteroatoms. The molecule has 1 saturated carbocycles. The van der Waals surface area contributed by atoms with Crippen LogP contribution in [0.2, 0.25) is 0 Å². The van der Waals surface area contributed by atoms with Crippen LogP contribution < -0.4 is 11.1 Å². The Morgan fingerprint density at radius 3 is 2.79 bits per heavy atom. The van der Waals surface area contributed by atoms with E-state index in [-0.39, 0.29) is 11.9 Å². The fourth-order valence-corrected chi connectivity index (χ4v) is 3.07. The zero-order valence-corrected chi connectivity index (χ0v) is 12.2. The molecule has 0 spiro atoms. The molecule has 1 heterocycles. The monoisotopic (exact) mass is 282 g/mol. The van der Waals surface area contributed by atoms with Gasteiger partial charge in [-0.1, -0.05) is 31.0 Å². The Bertz CT molecular complexity index is 413. The number of nitrogens with one attached hydrogen (secondary N) is 1. The van der Waals surface area contributed by atoms with Gasteiger partial charge in [-0.05, 0) is 37.1 Å². The van der Waals surface area contributed by atoms with Crippen molar-refractivity contribution in [2.24, 2.45) is 11.7 Å². The lowest BCUT2D eigenvalue weighted by Gasteiger charge is -2.29. The SMILES string of the molecule is CSc1ccc(C(=O)NC(CN)C2CCCCC2)o1. The smallest absolute Gasteiger partial charge is 0.287 e. The number of hydrogen-bond acceptors (Lipinski definition) is 4. The van der Waals surface area contributed by atoms with Crippen molar-refractivity contribution in [1.82, 2.24) is 5.32 Å². The zero-order valence-electron chi connectivity index (χ0n) is 11.4. The summed E-state index contributed by atoms with van der Waals surface area (Å²) < 4.78 is 5.44. The van der Waals surface area contributed by atoms with Crippen LogP contribution in [0.3, 0.4) is 0 Å². The molecule has 1 aromatic heterocycles. The lowest BCUT2D eigenvalue weighted by Crippen LogP contribution is -2.45. The van der Waals surface area contributed by atoms with Gasteiger partial charge in [-0.2, -0.15) is 0 Å². The second kappa shape index (κ2) is 7.01. The molecule has 0 radical (unpaired) electrons. The first-order valence-corrected chi connectivity index (χ1v) is 8.12. The lowest BCUT2D eigenvalue weighted by molar-refractivity contribution is 0.0882. The molecule has 106 valence electrons. The topological polar surface area (TPSA) is 68.3 Å². The number of carbonyl (C=O) groups is 1. The molecule has 1 aliphatic carbocycles. The van der Waals surface area contributed by atoms with Crippen LogP contribution >= 0.6 is 11.8 Å². The van der Waals surface area contributed by atoms with E-state index in [0.717, 1.165) is 17.9 Å². The molecule has 1 unspecified atom stereocenters. The minimum absolute atomic E-state index is 0.0654. The summed E-state index contributed by atoms with van der Waals surface area (Å²) in [5.41, 5.74) is 5.81. The Balaban J connectivity index is 1.95. The molecule has 4 nitrogen and oxygen atoms in total. The van der Waals surface area contributed by atoms with Crippen LogP contribution in [-0.4, -0.2) is 24.7 Å². The second-order valence-corrected chi connectivity index (χ2v) is 5.85. The normalized spacial score (nSPS) is 18.2. The highest BCUT2D eigenvalue weighted by Crippen LogP contribution is 2.26. The van der Waals surface area contributed by atoms with Crippen LogP contribution in [0.5, 0.6) is 0 Å². The summed E-state index contributed by atoms with van der Waals surface area (Å²) in [5.74, 6) is 0.734. The van der Waals surface area contributed by atoms with Crippen molar-refractivity contribution in [3.05, 3.63) is 17.9 Å². The van der Waals surface area contributed by atoms with E-state index in [2.05, 4.69) is 5.32 Å². The number of nitrogens with two attached hydrogens (primary N) is 1. The van der Waals surface area contributed by atoms with Gasteiger partial charge in [0.2, 0.25) is 0 Å². The maximum absolute atomic E-state index is 12.1. The minimum atomic E-state index is -0.152. The fourth-order valence-electron chi connectivity index (χ4n) is 2.70. The summed E-state index contributed by atoms with van der Waals surface area (Å²) in [6.45, 7) is 0.493. The van der Waals surface area contributed by atoms with Crippen LogP contribution in [0.4, 0.5) is 0 Å². The zero-order chi connectivity index (χ0) is 13.7. The standard InChI is InChI=1S/C14H22N2O2S/c1-19-13-8-7-12(18-13)14(17)16-11(9-15)10-5-3-2-4-6-10/h7-8,10-11H,2-6,9,15H2,1H3,(H,16,17). The molecule has 19 heavy (non-hydrogen) atoms. The molecular weight excluding hydrogens is 260 g/mol. The molecule has 1 amide bonds. The molecule has 1 fully saturated rings. The predicted molar refractivity (Wildman–Crippen MR) is 77.4 cm³/mol. The average molecular weight is 282 g/mol. The molecular formula is C14H22N2O2S. The van der Waals surface area contributed by atoms with Gasteiger partial charge in [0.25, 0.3) is 5.91 Å². The summed E-state index contributed by atoms with van der Waals surface area (Å²) in [4.78, 5) is 12.1. The lowest BCUT2D eigenvalue weighted by atomic mass is 9.84. The van der Waals surface area contributed by atoms with Gasteiger partial charge in [-0.25, -0.2) is 0 Å². The summed E-state index contributed by atoms with van der Waals surface area (Å²) >= 11 is 1.49. The van der Waals surface area contributed by atoms with Crippen LogP contribution in [0, 0.1) is 5.92 Å².